The summed E-state index contributed by atoms with van der Waals surface area (Å²) in [4.78, 5) is 61.1. The number of rotatable bonds is 20. The maximum atomic E-state index is 13.0. The van der Waals surface area contributed by atoms with Crippen molar-refractivity contribution in [2.75, 3.05) is 33.3 Å². The van der Waals surface area contributed by atoms with Crippen molar-refractivity contribution in [2.45, 2.75) is 91.7 Å². The van der Waals surface area contributed by atoms with E-state index in [4.69, 9.17) is 10.5 Å². The zero-order valence-electron chi connectivity index (χ0n) is 23.8. The van der Waals surface area contributed by atoms with E-state index in [2.05, 4.69) is 21.3 Å². The molecule has 0 aliphatic carbocycles. The molecule has 0 spiro atoms. The molecule has 0 aliphatic heterocycles. The van der Waals surface area contributed by atoms with Gasteiger partial charge in [-0.1, -0.05) is 27.7 Å². The van der Waals surface area contributed by atoms with E-state index >= 15 is 0 Å². The lowest BCUT2D eigenvalue weighted by molar-refractivity contribution is -0.137. The van der Waals surface area contributed by atoms with Gasteiger partial charge in [0.1, 0.15) is 11.8 Å². The molecule has 0 saturated heterocycles. The van der Waals surface area contributed by atoms with Crippen LogP contribution in [0.25, 0.3) is 0 Å². The Morgan fingerprint density at radius 3 is 2.14 bits per heavy atom. The van der Waals surface area contributed by atoms with Crippen molar-refractivity contribution in [3.05, 3.63) is 0 Å². The number of nitrogens with one attached hydrogen (secondary N) is 4. The van der Waals surface area contributed by atoms with Gasteiger partial charge in [0.2, 0.25) is 23.6 Å². The minimum absolute atomic E-state index is 0.00939. The Hall–Kier alpha value is -2.53. The van der Waals surface area contributed by atoms with Gasteiger partial charge in [-0.2, -0.15) is 0 Å². The molecule has 0 heterocycles. The van der Waals surface area contributed by atoms with Crippen LogP contribution in [-0.2, 0) is 28.7 Å². The third-order valence-electron chi connectivity index (χ3n) is 5.98. The zero-order valence-corrected chi connectivity index (χ0v) is 23.8. The van der Waals surface area contributed by atoms with Gasteiger partial charge in [-0.05, 0) is 53.1 Å². The molecule has 214 valence electrons. The van der Waals surface area contributed by atoms with Crippen LogP contribution in [0.4, 0.5) is 0 Å². The Kier molecular flexibility index (Phi) is 15.9. The minimum atomic E-state index is -1.02. The monoisotopic (exact) mass is 527 g/mol. The van der Waals surface area contributed by atoms with E-state index in [9.17, 15) is 24.0 Å². The van der Waals surface area contributed by atoms with Gasteiger partial charge in [-0.15, -0.1) is 0 Å². The molecule has 6 N–H and O–H groups in total. The first-order valence-electron chi connectivity index (χ1n) is 13.1. The molecular weight excluding hydrogens is 478 g/mol. The molecule has 1 unspecified atom stereocenters. The van der Waals surface area contributed by atoms with E-state index in [0.29, 0.717) is 13.0 Å². The highest BCUT2D eigenvalue weighted by molar-refractivity contribution is 5.92. The largest absolute Gasteiger partial charge is 0.375 e. The molecule has 0 radical (unpaired) electrons. The second-order valence-corrected chi connectivity index (χ2v) is 10.9. The van der Waals surface area contributed by atoms with Crippen LogP contribution < -0.4 is 27.0 Å². The number of carbonyl (C=O) groups is 5. The van der Waals surface area contributed by atoms with E-state index in [1.54, 1.807) is 13.8 Å². The van der Waals surface area contributed by atoms with Gasteiger partial charge >= 0.3 is 0 Å². The summed E-state index contributed by atoms with van der Waals surface area (Å²) in [6.45, 7) is 12.2. The Bertz CT molecular complexity index is 767. The Labute approximate surface area is 221 Å². The first-order valence-corrected chi connectivity index (χ1v) is 13.1. The number of Topliss-reactive ketones (excluding diaryl/α,β-unsaturated/α-hetero) is 1. The second-order valence-electron chi connectivity index (χ2n) is 10.9. The number of amides is 4. The zero-order chi connectivity index (χ0) is 28.6. The number of ketones is 1. The van der Waals surface area contributed by atoms with E-state index in [-0.39, 0.29) is 50.0 Å². The fraction of sp³-hybridized carbons (Fsp3) is 0.808. The van der Waals surface area contributed by atoms with Crippen molar-refractivity contribution in [3.63, 3.8) is 0 Å². The van der Waals surface area contributed by atoms with E-state index < -0.39 is 34.8 Å². The molecule has 0 aromatic rings. The summed E-state index contributed by atoms with van der Waals surface area (Å²) < 4.78 is 5.90. The number of nitrogens with two attached hydrogens (primary N) is 1. The molecule has 11 heteroatoms. The van der Waals surface area contributed by atoms with Crippen molar-refractivity contribution < 1.29 is 28.7 Å². The average Bonchev–Trinajstić information content (AvgIpc) is 2.78. The van der Waals surface area contributed by atoms with Crippen LogP contribution in [0.1, 0.15) is 80.1 Å². The van der Waals surface area contributed by atoms with Crippen LogP contribution in [0.15, 0.2) is 0 Å². The standard InChI is InChI=1S/C26H49N5O6/c1-18(2)20(32)16-26(5,6)37-15-12-25(3,4)24(36)31-19(10-11-21(27)33)23(35)30-17-22(34)29-14-9-8-13-28-7/h18-19,28H,8-17H2,1-7H3,(H2,27,33)(H,29,34)(H,30,35)(H,31,36). The number of unbranched alkanes of at least 4 members (excludes halogenated alkanes) is 1. The lowest BCUT2D eigenvalue weighted by Gasteiger charge is -2.30. The maximum absolute atomic E-state index is 13.0. The van der Waals surface area contributed by atoms with Crippen molar-refractivity contribution >= 4 is 29.4 Å². The lowest BCUT2D eigenvalue weighted by atomic mass is 9.87. The molecule has 4 amide bonds. The van der Waals surface area contributed by atoms with Crippen LogP contribution in [0, 0.1) is 11.3 Å². The summed E-state index contributed by atoms with van der Waals surface area (Å²) >= 11 is 0. The smallest absolute Gasteiger partial charge is 0.243 e. The van der Waals surface area contributed by atoms with Gasteiger partial charge < -0.3 is 31.7 Å². The van der Waals surface area contributed by atoms with Crippen LogP contribution >= 0.6 is 0 Å². The highest BCUT2D eigenvalue weighted by atomic mass is 16.5. The third-order valence-corrected chi connectivity index (χ3v) is 5.98. The molecule has 0 fully saturated rings. The third kappa shape index (κ3) is 16.0. The van der Waals surface area contributed by atoms with Gasteiger partial charge in [0, 0.05) is 37.3 Å². The quantitative estimate of drug-likeness (QED) is 0.146. The average molecular weight is 528 g/mol. The van der Waals surface area contributed by atoms with E-state index in [1.165, 1.54) is 0 Å². The van der Waals surface area contributed by atoms with Gasteiger partial charge in [0.25, 0.3) is 0 Å². The molecule has 0 aromatic heterocycles. The number of hydrogen-bond acceptors (Lipinski definition) is 7. The first-order chi connectivity index (χ1) is 17.1. The SMILES string of the molecule is CNCCCCNC(=O)CNC(=O)C(CCC(N)=O)NC(=O)C(C)(C)CCOC(C)(C)CC(=O)C(C)C. The molecule has 0 aromatic carbocycles. The highest BCUT2D eigenvalue weighted by Gasteiger charge is 2.33. The summed E-state index contributed by atoms with van der Waals surface area (Å²) in [7, 11) is 1.86. The summed E-state index contributed by atoms with van der Waals surface area (Å²) in [6.07, 6.45) is 2.25. The summed E-state index contributed by atoms with van der Waals surface area (Å²) in [6, 6.07) is -1.02. The van der Waals surface area contributed by atoms with Crippen molar-refractivity contribution in [2.24, 2.45) is 17.1 Å². The molecule has 37 heavy (non-hydrogen) atoms. The fourth-order valence-electron chi connectivity index (χ4n) is 3.29. The van der Waals surface area contributed by atoms with Crippen molar-refractivity contribution in [1.82, 2.24) is 21.3 Å². The number of ether oxygens (including phenoxy) is 1. The lowest BCUT2D eigenvalue weighted by Crippen LogP contribution is -2.52. The van der Waals surface area contributed by atoms with Crippen molar-refractivity contribution in [1.29, 1.82) is 0 Å². The predicted molar refractivity (Wildman–Crippen MR) is 142 cm³/mol. The summed E-state index contributed by atoms with van der Waals surface area (Å²) in [5.41, 5.74) is 3.68. The second kappa shape index (κ2) is 17.1. The van der Waals surface area contributed by atoms with Gasteiger partial charge in [0.15, 0.2) is 0 Å². The molecule has 0 aliphatic rings. The summed E-state index contributed by atoms with van der Waals surface area (Å²) in [5, 5.41) is 11.0. The van der Waals surface area contributed by atoms with E-state index in [0.717, 1.165) is 19.4 Å². The molecule has 0 rings (SSSR count). The van der Waals surface area contributed by atoms with Gasteiger partial charge in [0.05, 0.1) is 12.1 Å². The number of carbonyl (C=O) groups excluding carboxylic acids is 5. The Morgan fingerprint density at radius 2 is 1.57 bits per heavy atom. The minimum Gasteiger partial charge on any atom is -0.375 e. The van der Waals surface area contributed by atoms with Crippen LogP contribution in [-0.4, -0.2) is 74.3 Å². The highest BCUT2D eigenvalue weighted by Crippen LogP contribution is 2.24. The number of hydrogen-bond donors (Lipinski definition) is 5. The molecular formula is C26H49N5O6. The fourth-order valence-corrected chi connectivity index (χ4v) is 3.29. The van der Waals surface area contributed by atoms with Crippen LogP contribution in [0.5, 0.6) is 0 Å². The maximum Gasteiger partial charge on any atom is 0.243 e. The van der Waals surface area contributed by atoms with E-state index in [1.807, 2.05) is 34.7 Å². The van der Waals surface area contributed by atoms with Gasteiger partial charge in [-0.3, -0.25) is 24.0 Å². The summed E-state index contributed by atoms with van der Waals surface area (Å²) in [5.74, 6) is -1.88. The topological polar surface area (TPSA) is 169 Å². The normalized spacial score (nSPS) is 12.6. The van der Waals surface area contributed by atoms with Crippen molar-refractivity contribution in [3.8, 4) is 0 Å². The van der Waals surface area contributed by atoms with Crippen LogP contribution in [0.3, 0.4) is 0 Å². The van der Waals surface area contributed by atoms with Crippen LogP contribution in [0.2, 0.25) is 0 Å². The molecule has 1 atom stereocenters. The molecule has 0 saturated carbocycles. The molecule has 11 nitrogen and oxygen atoms in total. The predicted octanol–water partition coefficient (Wildman–Crippen LogP) is 0.795. The Morgan fingerprint density at radius 1 is 0.946 bits per heavy atom. The van der Waals surface area contributed by atoms with Gasteiger partial charge in [-0.25, -0.2) is 0 Å². The molecule has 0 bridgehead atoms. The first kappa shape index (κ1) is 34.5. The number of primary amides is 1. The Balaban J connectivity index is 4.89.